The van der Waals surface area contributed by atoms with Crippen LogP contribution in [0.4, 0.5) is 0 Å². The maximum Gasteiger partial charge on any atom is -0.0166 e. The lowest BCUT2D eigenvalue weighted by atomic mass is 10.2. The molecule has 1 aliphatic rings. The second kappa shape index (κ2) is 6.66. The molecule has 1 rings (SSSR count). The smallest absolute Gasteiger partial charge is 0.0166 e. The van der Waals surface area contributed by atoms with Crippen LogP contribution in [0.25, 0.3) is 0 Å². The summed E-state index contributed by atoms with van der Waals surface area (Å²) < 4.78 is 0. The monoisotopic (exact) mass is 159 g/mol. The van der Waals surface area contributed by atoms with Gasteiger partial charge in [0.25, 0.3) is 0 Å². The topological polar surface area (TPSA) is 0 Å². The fourth-order valence-electron chi connectivity index (χ4n) is 1.05. The molecule has 0 aromatic carbocycles. The molecular weight excluding hydrogens is 144 g/mol. The molecule has 0 spiro atoms. The first-order valence-electron chi connectivity index (χ1n) is 4.54. The van der Waals surface area contributed by atoms with Gasteiger partial charge in [-0.25, -0.2) is 0 Å². The Morgan fingerprint density at radius 1 is 0.917 bits per heavy atom. The zero-order chi connectivity index (χ0) is 8.49. The Balaban J connectivity index is 2.42. The fourth-order valence-corrected chi connectivity index (χ4v) is 1.05. The Hall–Kier alpha value is -1.04. The first-order valence-corrected chi connectivity index (χ1v) is 4.54. The number of allylic oxidation sites excluding steroid dienone is 8. The van der Waals surface area contributed by atoms with Gasteiger partial charge in [-0.05, 0) is 31.8 Å². The highest BCUT2D eigenvalue weighted by Gasteiger charge is 1.80. The molecule has 0 aromatic rings. The summed E-state index contributed by atoms with van der Waals surface area (Å²) in [6.45, 7) is 0. The van der Waals surface area contributed by atoms with Crippen molar-refractivity contribution in [2.24, 2.45) is 0 Å². The van der Waals surface area contributed by atoms with Crippen molar-refractivity contribution in [3.8, 4) is 0 Å². The summed E-state index contributed by atoms with van der Waals surface area (Å²) in [5.74, 6) is 0. The molecule has 0 atom stereocenters. The maximum atomic E-state index is 3.12. The average molecular weight is 159 g/mol. The molecule has 12 heavy (non-hydrogen) atoms. The van der Waals surface area contributed by atoms with Crippen LogP contribution in [0.5, 0.6) is 0 Å². The summed E-state index contributed by atoms with van der Waals surface area (Å²) in [4.78, 5) is 0. The molecule has 0 saturated heterocycles. The van der Waals surface area contributed by atoms with Gasteiger partial charge in [-0.1, -0.05) is 42.5 Å². The lowest BCUT2D eigenvalue weighted by Crippen LogP contribution is -1.70. The van der Waals surface area contributed by atoms with Crippen LogP contribution in [-0.4, -0.2) is 0 Å². The molecule has 63 valence electrons. The predicted molar refractivity (Wildman–Crippen MR) is 53.7 cm³/mol. The third-order valence-electron chi connectivity index (χ3n) is 1.72. The van der Waals surface area contributed by atoms with E-state index >= 15 is 0 Å². The van der Waals surface area contributed by atoms with Crippen molar-refractivity contribution in [2.75, 3.05) is 0 Å². The molecule has 0 saturated carbocycles. The van der Waals surface area contributed by atoms with Crippen LogP contribution in [0.3, 0.4) is 0 Å². The van der Waals surface area contributed by atoms with Gasteiger partial charge in [-0.3, -0.25) is 0 Å². The van der Waals surface area contributed by atoms with Crippen LogP contribution in [-0.2, 0) is 0 Å². The number of hydrogen-bond acceptors (Lipinski definition) is 0. The van der Waals surface area contributed by atoms with Gasteiger partial charge < -0.3 is 0 Å². The van der Waals surface area contributed by atoms with E-state index < -0.39 is 0 Å². The quantitative estimate of drug-likeness (QED) is 0.474. The Morgan fingerprint density at radius 2 is 1.92 bits per heavy atom. The average Bonchev–Trinajstić information content (AvgIpc) is 2.05. The molecule has 0 nitrogen and oxygen atoms in total. The molecule has 0 N–H and O–H groups in total. The SMILES string of the molecule is [C]1=C\CCC/C=C/C/C=C/C=C/1. The second-order valence-electron chi connectivity index (χ2n) is 2.80. The fraction of sp³-hybridized carbons (Fsp3) is 0.333. The van der Waals surface area contributed by atoms with Gasteiger partial charge in [0.05, 0.1) is 0 Å². The molecular formula is C12H15. The van der Waals surface area contributed by atoms with Gasteiger partial charge in [-0.15, -0.1) is 0 Å². The van der Waals surface area contributed by atoms with Crippen molar-refractivity contribution < 1.29 is 0 Å². The Morgan fingerprint density at radius 3 is 2.92 bits per heavy atom. The maximum absolute atomic E-state index is 3.12. The molecule has 0 fully saturated rings. The lowest BCUT2D eigenvalue weighted by Gasteiger charge is -1.89. The molecule has 0 aliphatic heterocycles. The number of hydrogen-bond donors (Lipinski definition) is 0. The van der Waals surface area contributed by atoms with E-state index in [4.69, 9.17) is 0 Å². The summed E-state index contributed by atoms with van der Waals surface area (Å²) in [7, 11) is 0. The Kier molecular flexibility index (Phi) is 5.02. The highest BCUT2D eigenvalue weighted by atomic mass is 13.9. The molecule has 0 amide bonds. The van der Waals surface area contributed by atoms with E-state index in [1.807, 2.05) is 12.2 Å². The standard InChI is InChI=1S/C12H15/c1-2-4-6-8-10-12-11-9-7-5-3-1/h1-4,7-9H,5,10-12H2/b3-1+,4-2+,8-6?,9-7+. The van der Waals surface area contributed by atoms with E-state index in [2.05, 4.69) is 36.5 Å². The summed E-state index contributed by atoms with van der Waals surface area (Å²) in [6.07, 6.45) is 22.5. The van der Waals surface area contributed by atoms with Crippen LogP contribution in [0.1, 0.15) is 25.7 Å². The Labute approximate surface area is 75.0 Å². The van der Waals surface area contributed by atoms with Gasteiger partial charge in [0.1, 0.15) is 0 Å². The van der Waals surface area contributed by atoms with E-state index in [1.54, 1.807) is 0 Å². The van der Waals surface area contributed by atoms with Gasteiger partial charge >= 0.3 is 0 Å². The second-order valence-corrected chi connectivity index (χ2v) is 2.80. The van der Waals surface area contributed by atoms with E-state index in [0.717, 1.165) is 12.8 Å². The molecule has 1 radical (unpaired) electrons. The molecule has 0 heteroatoms. The van der Waals surface area contributed by atoms with Crippen LogP contribution in [0.2, 0.25) is 0 Å². The Bertz CT molecular complexity index is 204. The van der Waals surface area contributed by atoms with Gasteiger partial charge in [-0.2, -0.15) is 0 Å². The normalized spacial score (nSPS) is 29.3. The van der Waals surface area contributed by atoms with Crippen LogP contribution in [0, 0.1) is 6.08 Å². The third kappa shape index (κ3) is 4.73. The minimum absolute atomic E-state index is 1.05. The summed E-state index contributed by atoms with van der Waals surface area (Å²) in [5, 5.41) is 0. The highest BCUT2D eigenvalue weighted by Crippen LogP contribution is 2.00. The van der Waals surface area contributed by atoms with Crippen molar-refractivity contribution in [3.05, 3.63) is 48.6 Å². The van der Waals surface area contributed by atoms with E-state index in [-0.39, 0.29) is 0 Å². The van der Waals surface area contributed by atoms with Crippen molar-refractivity contribution >= 4 is 0 Å². The molecule has 0 bridgehead atoms. The first kappa shape index (κ1) is 9.05. The summed E-state index contributed by atoms with van der Waals surface area (Å²) >= 11 is 0. The third-order valence-corrected chi connectivity index (χ3v) is 1.72. The summed E-state index contributed by atoms with van der Waals surface area (Å²) in [5.41, 5.74) is 0. The minimum atomic E-state index is 1.05. The van der Waals surface area contributed by atoms with Crippen molar-refractivity contribution in [1.82, 2.24) is 0 Å². The first-order chi connectivity index (χ1) is 6.00. The molecule has 0 unspecified atom stereocenters. The van der Waals surface area contributed by atoms with E-state index in [0.29, 0.717) is 0 Å². The minimum Gasteiger partial charge on any atom is -0.0882 e. The molecule has 1 aliphatic carbocycles. The van der Waals surface area contributed by atoms with Crippen LogP contribution >= 0.6 is 0 Å². The summed E-state index contributed by atoms with van der Waals surface area (Å²) in [6, 6.07) is 0. The lowest BCUT2D eigenvalue weighted by molar-refractivity contribution is 0.864. The van der Waals surface area contributed by atoms with Crippen LogP contribution in [0.15, 0.2) is 42.5 Å². The van der Waals surface area contributed by atoms with Gasteiger partial charge in [0, 0.05) is 0 Å². The number of rotatable bonds is 0. The largest absolute Gasteiger partial charge is 0.0882 e. The van der Waals surface area contributed by atoms with Crippen LogP contribution < -0.4 is 0 Å². The zero-order valence-corrected chi connectivity index (χ0v) is 7.37. The van der Waals surface area contributed by atoms with E-state index in [1.165, 1.54) is 12.8 Å². The molecule has 0 heterocycles. The van der Waals surface area contributed by atoms with Gasteiger partial charge in [0.15, 0.2) is 0 Å². The highest BCUT2D eigenvalue weighted by molar-refractivity contribution is 5.09. The van der Waals surface area contributed by atoms with Gasteiger partial charge in [0.2, 0.25) is 0 Å². The predicted octanol–water partition coefficient (Wildman–Crippen LogP) is 3.59. The zero-order valence-electron chi connectivity index (χ0n) is 7.37. The van der Waals surface area contributed by atoms with Crippen molar-refractivity contribution in [1.29, 1.82) is 0 Å². The van der Waals surface area contributed by atoms with E-state index in [9.17, 15) is 0 Å². The molecule has 0 aromatic heterocycles. The van der Waals surface area contributed by atoms with Crippen molar-refractivity contribution in [2.45, 2.75) is 25.7 Å². The van der Waals surface area contributed by atoms with Crippen molar-refractivity contribution in [3.63, 3.8) is 0 Å².